The molecule has 5 rings (SSSR count). The summed E-state index contributed by atoms with van der Waals surface area (Å²) in [5.41, 5.74) is 0.313. The molecule has 72 heavy (non-hydrogen) atoms. The van der Waals surface area contributed by atoms with Crippen molar-refractivity contribution in [2.75, 3.05) is 65.2 Å². The van der Waals surface area contributed by atoms with E-state index in [0.29, 0.717) is 77.2 Å². The van der Waals surface area contributed by atoms with Gasteiger partial charge in [0.15, 0.2) is 0 Å². The highest BCUT2D eigenvalue weighted by molar-refractivity contribution is 9.30. The monoisotopic (exact) mass is 1280 g/mol. The summed E-state index contributed by atoms with van der Waals surface area (Å²) in [6, 6.07) is 0.856. The van der Waals surface area contributed by atoms with Crippen molar-refractivity contribution in [2.45, 2.75) is 210 Å². The first-order chi connectivity index (χ1) is 34.8. The third-order valence-electron chi connectivity index (χ3n) is 16.3. The molecule has 4 bridgehead atoms. The van der Waals surface area contributed by atoms with Gasteiger partial charge in [0.05, 0.1) is 8.83 Å². The average molecular weight is 1280 g/mol. The molecule has 0 aromatic carbocycles. The summed E-state index contributed by atoms with van der Waals surface area (Å²) in [6.07, 6.45) is 18.0. The van der Waals surface area contributed by atoms with E-state index in [0.717, 1.165) is 43.9 Å². The van der Waals surface area contributed by atoms with Crippen LogP contribution in [-0.4, -0.2) is 109 Å². The molecule has 0 heterocycles. The standard InChI is InChI=1S/C48H94O9S12Si3/c1-14-43-32-28-41(36-43)38-47(43,71(52-19-6,53-20-7)54-21-8)62-68-66-60-46(61-67-69-63-48(39-42-29-33-44(48,15-2)37-42)72(55-22-9,56-23-10)57-24-11)31-26-25-30-45(46,40(12)13)59-65-64-58-34-27-35-70(49-16-3,50-17-4)51-18-5/h40-42H,14-39H2,1-13H3. The summed E-state index contributed by atoms with van der Waals surface area (Å²) in [7, 11) is 15.8. The molecule has 7 unspecified atom stereocenters. The maximum absolute atomic E-state index is 6.94. The lowest BCUT2D eigenvalue weighted by Crippen LogP contribution is -2.68. The quantitative estimate of drug-likeness (QED) is 0.0252. The number of hydrogen-bond donors (Lipinski definition) is 0. The minimum absolute atomic E-state index is 0.0285. The van der Waals surface area contributed by atoms with Gasteiger partial charge in [-0.3, -0.25) is 0 Å². The van der Waals surface area contributed by atoms with E-state index in [-0.39, 0.29) is 28.4 Å². The summed E-state index contributed by atoms with van der Waals surface area (Å²) in [4.78, 5) is 0. The van der Waals surface area contributed by atoms with Crippen LogP contribution in [0.3, 0.4) is 0 Å². The second-order valence-corrected chi connectivity index (χ2v) is 48.2. The zero-order chi connectivity index (χ0) is 52.5. The topological polar surface area (TPSA) is 83.1 Å². The Bertz CT molecular complexity index is 1460. The lowest BCUT2D eigenvalue weighted by molar-refractivity contribution is 0.0347. The molecule has 0 aromatic heterocycles. The highest BCUT2D eigenvalue weighted by Gasteiger charge is 2.77. The molecule has 5 aliphatic carbocycles. The van der Waals surface area contributed by atoms with Gasteiger partial charge in [-0.1, -0.05) is 105 Å². The summed E-state index contributed by atoms with van der Waals surface area (Å²) < 4.78 is 59.8. The molecule has 5 fully saturated rings. The highest BCUT2D eigenvalue weighted by atomic mass is 33.7. The Balaban J connectivity index is 1.43. The van der Waals surface area contributed by atoms with Crippen molar-refractivity contribution in [1.29, 1.82) is 0 Å². The van der Waals surface area contributed by atoms with Crippen molar-refractivity contribution in [3.63, 3.8) is 0 Å². The van der Waals surface area contributed by atoms with Crippen LogP contribution in [0.15, 0.2) is 0 Å². The zero-order valence-corrected chi connectivity index (χ0v) is 59.0. The van der Waals surface area contributed by atoms with Gasteiger partial charge in [0.2, 0.25) is 0 Å². The van der Waals surface area contributed by atoms with Gasteiger partial charge in [-0.2, -0.15) is 0 Å². The molecule has 9 nitrogen and oxygen atoms in total. The highest BCUT2D eigenvalue weighted by Crippen LogP contribution is 2.78. The minimum atomic E-state index is -3.12. The van der Waals surface area contributed by atoms with Crippen LogP contribution in [0, 0.1) is 28.6 Å². The molecule has 0 spiro atoms. The largest absolute Gasteiger partial charge is 0.519 e. The first-order valence-corrected chi connectivity index (χ1v) is 47.6. The van der Waals surface area contributed by atoms with Crippen molar-refractivity contribution in [1.82, 2.24) is 0 Å². The first kappa shape index (κ1) is 67.3. The van der Waals surface area contributed by atoms with Gasteiger partial charge < -0.3 is 39.8 Å². The van der Waals surface area contributed by atoms with Crippen LogP contribution < -0.4 is 0 Å². The fourth-order valence-electron chi connectivity index (χ4n) is 13.4. The normalized spacial score (nSPS) is 31.8. The maximum atomic E-state index is 6.94. The fraction of sp³-hybridized carbons (Fsp3) is 1.00. The molecule has 0 aromatic rings. The molecule has 0 amide bonds. The first-order valence-electron chi connectivity index (χ1n) is 27.6. The average Bonchev–Trinajstić information content (AvgIpc) is 4.15. The van der Waals surface area contributed by atoms with E-state index in [1.54, 1.807) is 0 Å². The Kier molecular flexibility index (Phi) is 29.9. The Morgan fingerprint density at radius 1 is 0.444 bits per heavy atom. The molecule has 5 saturated carbocycles. The Morgan fingerprint density at radius 3 is 1.21 bits per heavy atom. The number of hydrogen-bond acceptors (Lipinski definition) is 21. The predicted octanol–water partition coefficient (Wildman–Crippen LogP) is 19.0. The third-order valence-corrected chi connectivity index (χ3v) is 53.7. The van der Waals surface area contributed by atoms with E-state index in [1.165, 1.54) is 64.2 Å². The van der Waals surface area contributed by atoms with Crippen molar-refractivity contribution in [3.05, 3.63) is 0 Å². The molecular weight excluding hydrogens is 1190 g/mol. The van der Waals surface area contributed by atoms with Gasteiger partial charge in [0, 0.05) is 71.3 Å². The molecule has 0 saturated heterocycles. The van der Waals surface area contributed by atoms with Crippen LogP contribution in [0.5, 0.6) is 0 Å². The van der Waals surface area contributed by atoms with Crippen molar-refractivity contribution >= 4 is 150 Å². The predicted molar refractivity (Wildman–Crippen MR) is 341 cm³/mol. The lowest BCUT2D eigenvalue weighted by Gasteiger charge is -2.54. The van der Waals surface area contributed by atoms with Crippen molar-refractivity contribution in [2.24, 2.45) is 28.6 Å². The molecule has 424 valence electrons. The smallest absolute Gasteiger partial charge is 0.374 e. The molecule has 0 aliphatic heterocycles. The van der Waals surface area contributed by atoms with Crippen LogP contribution >= 0.6 is 124 Å². The van der Waals surface area contributed by atoms with Gasteiger partial charge in [-0.15, -0.1) is 0 Å². The van der Waals surface area contributed by atoms with Crippen molar-refractivity contribution < 1.29 is 39.8 Å². The molecular formula is C48H94O9S12Si3. The second-order valence-electron chi connectivity index (χ2n) is 20.0. The summed E-state index contributed by atoms with van der Waals surface area (Å²) in [5.74, 6) is 2.91. The second kappa shape index (κ2) is 32.0. The van der Waals surface area contributed by atoms with Crippen LogP contribution in [0.1, 0.15) is 186 Å². The summed E-state index contributed by atoms with van der Waals surface area (Å²) in [5, 5.41) is 0. The van der Waals surface area contributed by atoms with E-state index < -0.39 is 26.4 Å². The van der Waals surface area contributed by atoms with Gasteiger partial charge in [-0.05, 0) is 233 Å². The van der Waals surface area contributed by atoms with Crippen LogP contribution in [0.4, 0.5) is 0 Å². The molecule has 5 aliphatic rings. The van der Waals surface area contributed by atoms with Crippen molar-refractivity contribution in [3.8, 4) is 0 Å². The maximum Gasteiger partial charge on any atom is 0.519 e. The summed E-state index contributed by atoms with van der Waals surface area (Å²) in [6.45, 7) is 34.3. The Morgan fingerprint density at radius 2 is 0.833 bits per heavy atom. The van der Waals surface area contributed by atoms with Gasteiger partial charge in [0.1, 0.15) is 8.74 Å². The van der Waals surface area contributed by atoms with Crippen LogP contribution in [0.25, 0.3) is 0 Å². The number of fused-ring (bicyclic) bond motifs is 4. The minimum Gasteiger partial charge on any atom is -0.374 e. The van der Waals surface area contributed by atoms with E-state index in [9.17, 15) is 0 Å². The fourth-order valence-corrected chi connectivity index (χ4v) is 56.8. The SMILES string of the molecule is CCO[Si](CCCSSSSC1(C(C)C)CCCCC1(SSSSC1([Si](OCC)(OCC)OCC)CC2CCC1(CC)C2)SSSSC1([Si](OCC)(OCC)OCC)CC2CCC1(CC)C2)(OCC)OCC. The van der Waals surface area contributed by atoms with E-state index >= 15 is 0 Å². The van der Waals surface area contributed by atoms with E-state index in [1.807, 2.05) is 90.5 Å². The van der Waals surface area contributed by atoms with Crippen LogP contribution in [-0.2, 0) is 39.8 Å². The van der Waals surface area contributed by atoms with Crippen LogP contribution in [0.2, 0.25) is 6.04 Å². The Hall–Kier alpha value is 4.49. The Labute approximate surface area is 488 Å². The molecule has 24 heteroatoms. The van der Waals surface area contributed by atoms with E-state index in [2.05, 4.69) is 123 Å². The summed E-state index contributed by atoms with van der Waals surface area (Å²) >= 11 is 0. The third kappa shape index (κ3) is 14.2. The molecule has 0 N–H and O–H groups in total. The lowest BCUT2D eigenvalue weighted by atomic mass is 9.79. The van der Waals surface area contributed by atoms with Gasteiger partial charge >= 0.3 is 26.4 Å². The van der Waals surface area contributed by atoms with Gasteiger partial charge in [0.25, 0.3) is 0 Å². The molecule has 0 radical (unpaired) electrons. The van der Waals surface area contributed by atoms with Gasteiger partial charge in [-0.25, -0.2) is 0 Å². The zero-order valence-electron chi connectivity index (χ0n) is 46.2. The number of rotatable bonds is 41. The van der Waals surface area contributed by atoms with E-state index in [4.69, 9.17) is 39.8 Å². The molecule has 7 atom stereocenters.